The number of pyridine rings is 2. The van der Waals surface area contributed by atoms with Gasteiger partial charge in [-0.05, 0) is 43.7 Å². The standard InChI is InChI=1S/C26H20N8O3/c1-14(35)31-24-29-10-15(11-30-24)19-7-8-20-21(32-19)22-18(12-28-20)23(36)33-25(37)34(22)17-6-4-5-16(9-17)26(2,3)13-27/h4-12H,1-3H3,(H,33,36,37)(H,29,30,31,35). The van der Waals surface area contributed by atoms with E-state index < -0.39 is 16.7 Å². The third-order valence-electron chi connectivity index (χ3n) is 5.92. The molecule has 182 valence electrons. The molecule has 0 aliphatic carbocycles. The van der Waals surface area contributed by atoms with Crippen LogP contribution in [0.25, 0.3) is 38.9 Å². The number of fused-ring (bicyclic) bond motifs is 3. The van der Waals surface area contributed by atoms with Gasteiger partial charge in [0.05, 0.1) is 39.3 Å². The molecule has 0 aliphatic rings. The first-order chi connectivity index (χ1) is 17.7. The molecule has 4 aromatic heterocycles. The second-order valence-electron chi connectivity index (χ2n) is 8.94. The fraction of sp³-hybridized carbons (Fsp3) is 0.154. The van der Waals surface area contributed by atoms with Crippen molar-refractivity contribution in [2.24, 2.45) is 0 Å². The van der Waals surface area contributed by atoms with Gasteiger partial charge in [0.15, 0.2) is 0 Å². The Hall–Kier alpha value is -5.24. The zero-order valence-corrected chi connectivity index (χ0v) is 20.1. The number of benzene rings is 1. The van der Waals surface area contributed by atoms with Gasteiger partial charge in [0.25, 0.3) is 5.56 Å². The quantitative estimate of drug-likeness (QED) is 0.362. The van der Waals surface area contributed by atoms with Gasteiger partial charge >= 0.3 is 5.69 Å². The Morgan fingerprint density at radius 3 is 2.54 bits per heavy atom. The summed E-state index contributed by atoms with van der Waals surface area (Å²) < 4.78 is 1.37. The summed E-state index contributed by atoms with van der Waals surface area (Å²) >= 11 is 0. The summed E-state index contributed by atoms with van der Waals surface area (Å²) in [5.74, 6) is -0.135. The van der Waals surface area contributed by atoms with Crippen molar-refractivity contribution in [2.75, 3.05) is 5.32 Å². The molecule has 4 heterocycles. The van der Waals surface area contributed by atoms with Crippen LogP contribution in [-0.2, 0) is 10.2 Å². The average Bonchev–Trinajstić information content (AvgIpc) is 2.88. The van der Waals surface area contributed by atoms with Crippen molar-refractivity contribution in [1.82, 2.24) is 29.5 Å². The van der Waals surface area contributed by atoms with Crippen molar-refractivity contribution in [2.45, 2.75) is 26.2 Å². The van der Waals surface area contributed by atoms with Gasteiger partial charge in [0.2, 0.25) is 11.9 Å². The van der Waals surface area contributed by atoms with E-state index in [-0.39, 0.29) is 22.8 Å². The number of nitrogens with one attached hydrogen (secondary N) is 2. The Balaban J connectivity index is 1.78. The summed E-state index contributed by atoms with van der Waals surface area (Å²) in [6.45, 7) is 4.93. The highest BCUT2D eigenvalue weighted by atomic mass is 16.2. The maximum absolute atomic E-state index is 13.1. The Morgan fingerprint density at radius 1 is 1.08 bits per heavy atom. The highest BCUT2D eigenvalue weighted by Crippen LogP contribution is 2.28. The molecular weight excluding hydrogens is 472 g/mol. The van der Waals surface area contributed by atoms with Crippen LogP contribution in [0.4, 0.5) is 5.95 Å². The second kappa shape index (κ2) is 8.76. The van der Waals surface area contributed by atoms with Gasteiger partial charge in [0.1, 0.15) is 5.52 Å². The van der Waals surface area contributed by atoms with E-state index in [1.165, 1.54) is 30.1 Å². The zero-order chi connectivity index (χ0) is 26.3. The van der Waals surface area contributed by atoms with Gasteiger partial charge in [-0.3, -0.25) is 29.4 Å². The Morgan fingerprint density at radius 2 is 1.84 bits per heavy atom. The number of aromatic nitrogens is 6. The number of hydrogen-bond acceptors (Lipinski definition) is 8. The van der Waals surface area contributed by atoms with E-state index in [0.29, 0.717) is 33.5 Å². The van der Waals surface area contributed by atoms with E-state index >= 15 is 0 Å². The lowest BCUT2D eigenvalue weighted by Gasteiger charge is -2.18. The fourth-order valence-corrected chi connectivity index (χ4v) is 3.96. The highest BCUT2D eigenvalue weighted by Gasteiger charge is 2.21. The lowest BCUT2D eigenvalue weighted by atomic mass is 9.86. The minimum Gasteiger partial charge on any atom is -0.295 e. The van der Waals surface area contributed by atoms with Crippen LogP contribution in [0.3, 0.4) is 0 Å². The summed E-state index contributed by atoms with van der Waals surface area (Å²) in [6.07, 6.45) is 4.43. The van der Waals surface area contributed by atoms with Crippen molar-refractivity contribution in [3.05, 3.63) is 81.4 Å². The number of H-pyrrole nitrogens is 1. The van der Waals surface area contributed by atoms with Crippen LogP contribution in [0.15, 0.2) is 64.6 Å². The molecule has 11 nitrogen and oxygen atoms in total. The van der Waals surface area contributed by atoms with Gasteiger partial charge in [-0.15, -0.1) is 0 Å². The molecule has 0 spiro atoms. The first kappa shape index (κ1) is 23.5. The van der Waals surface area contributed by atoms with Crippen LogP contribution < -0.4 is 16.6 Å². The van der Waals surface area contributed by atoms with Crippen molar-refractivity contribution >= 4 is 33.8 Å². The molecule has 0 saturated carbocycles. The maximum atomic E-state index is 13.1. The molecular formula is C26H20N8O3. The molecule has 5 aromatic rings. The molecule has 5 rings (SSSR count). The molecule has 0 bridgehead atoms. The van der Waals surface area contributed by atoms with E-state index in [0.717, 1.165) is 0 Å². The van der Waals surface area contributed by atoms with Crippen molar-refractivity contribution in [3.63, 3.8) is 0 Å². The van der Waals surface area contributed by atoms with E-state index in [9.17, 15) is 19.6 Å². The van der Waals surface area contributed by atoms with Crippen LogP contribution >= 0.6 is 0 Å². The molecule has 0 radical (unpaired) electrons. The number of carbonyl (C=O) groups is 1. The lowest BCUT2D eigenvalue weighted by molar-refractivity contribution is -0.114. The molecule has 11 heteroatoms. The number of amides is 1. The second-order valence-corrected chi connectivity index (χ2v) is 8.94. The van der Waals surface area contributed by atoms with E-state index in [1.807, 2.05) is 6.07 Å². The number of nitriles is 1. The first-order valence-corrected chi connectivity index (χ1v) is 11.2. The molecule has 0 unspecified atom stereocenters. The monoisotopic (exact) mass is 492 g/mol. The molecule has 0 aliphatic heterocycles. The summed E-state index contributed by atoms with van der Waals surface area (Å²) in [5, 5.41) is 12.3. The average molecular weight is 492 g/mol. The highest BCUT2D eigenvalue weighted by molar-refractivity contribution is 6.01. The summed E-state index contributed by atoms with van der Waals surface area (Å²) in [6, 6.07) is 12.7. The first-order valence-electron chi connectivity index (χ1n) is 11.2. The third kappa shape index (κ3) is 4.21. The minimum absolute atomic E-state index is 0.157. The van der Waals surface area contributed by atoms with Gasteiger partial charge in [0, 0.05) is 31.1 Å². The SMILES string of the molecule is CC(=O)Nc1ncc(-c2ccc3ncc4c(=O)[nH]c(=O)n(-c5cccc(C(C)(C)C#N)c5)c4c3n2)cn1. The molecule has 0 atom stereocenters. The van der Waals surface area contributed by atoms with Crippen LogP contribution in [0.5, 0.6) is 0 Å². The molecule has 0 fully saturated rings. The van der Waals surface area contributed by atoms with Crippen LogP contribution in [0.1, 0.15) is 26.3 Å². The van der Waals surface area contributed by atoms with Gasteiger partial charge in [-0.25, -0.2) is 19.7 Å². The molecule has 0 saturated heterocycles. The molecule has 37 heavy (non-hydrogen) atoms. The van der Waals surface area contributed by atoms with Gasteiger partial charge in [-0.2, -0.15) is 5.26 Å². The largest absolute Gasteiger partial charge is 0.333 e. The fourth-order valence-electron chi connectivity index (χ4n) is 3.96. The number of nitrogens with zero attached hydrogens (tertiary/aromatic N) is 6. The smallest absolute Gasteiger partial charge is 0.295 e. The molecule has 2 N–H and O–H groups in total. The van der Waals surface area contributed by atoms with Crippen molar-refractivity contribution in [3.8, 4) is 23.0 Å². The number of carbonyl (C=O) groups excluding carboxylic acids is 1. The molecule has 1 aromatic carbocycles. The van der Waals surface area contributed by atoms with E-state index in [4.69, 9.17) is 4.98 Å². The Bertz CT molecular complexity index is 1860. The number of hydrogen-bond donors (Lipinski definition) is 2. The predicted octanol–water partition coefficient (Wildman–Crippen LogP) is 2.84. The topological polar surface area (TPSA) is 159 Å². The van der Waals surface area contributed by atoms with Gasteiger partial charge < -0.3 is 0 Å². The summed E-state index contributed by atoms with van der Waals surface area (Å²) in [5.41, 5.74) is 1.27. The van der Waals surface area contributed by atoms with E-state index in [2.05, 4.69) is 31.3 Å². The maximum Gasteiger partial charge on any atom is 0.333 e. The van der Waals surface area contributed by atoms with Crippen molar-refractivity contribution < 1.29 is 4.79 Å². The van der Waals surface area contributed by atoms with Gasteiger partial charge in [-0.1, -0.05) is 12.1 Å². The number of aromatic amines is 1. The van der Waals surface area contributed by atoms with Crippen LogP contribution in [0.2, 0.25) is 0 Å². The minimum atomic E-state index is -0.796. The Labute approximate surface area is 209 Å². The normalized spacial score (nSPS) is 11.4. The number of anilines is 1. The van der Waals surface area contributed by atoms with Crippen LogP contribution in [0, 0.1) is 11.3 Å². The van der Waals surface area contributed by atoms with Crippen LogP contribution in [-0.4, -0.2) is 35.4 Å². The van der Waals surface area contributed by atoms with E-state index in [1.54, 1.807) is 44.2 Å². The predicted molar refractivity (Wildman–Crippen MR) is 137 cm³/mol. The molecule has 1 amide bonds. The summed E-state index contributed by atoms with van der Waals surface area (Å²) in [7, 11) is 0. The zero-order valence-electron chi connectivity index (χ0n) is 20.1. The third-order valence-corrected chi connectivity index (χ3v) is 5.92. The number of rotatable bonds is 4. The van der Waals surface area contributed by atoms with Crippen molar-refractivity contribution in [1.29, 1.82) is 5.26 Å². The lowest BCUT2D eigenvalue weighted by Crippen LogP contribution is -2.30. The Kier molecular flexibility index (Phi) is 5.56. The summed E-state index contributed by atoms with van der Waals surface area (Å²) in [4.78, 5) is 56.9.